The van der Waals surface area contributed by atoms with Gasteiger partial charge in [0.2, 0.25) is 11.7 Å². The Kier molecular flexibility index (Phi) is 12.7. The zero-order chi connectivity index (χ0) is 48.3. The predicted octanol–water partition coefficient (Wildman–Crippen LogP) is -1.01. The molecule has 4 aliphatic rings. The highest BCUT2D eigenvalue weighted by Gasteiger charge is 2.65. The number of imidazole rings is 1. The molecule has 8 rings (SSSR count). The van der Waals surface area contributed by atoms with Crippen LogP contribution in [-0.4, -0.2) is 161 Å². The summed E-state index contributed by atoms with van der Waals surface area (Å²) in [5.41, 5.74) is 7.33. The molecular formula is C44H53N9O13. The Morgan fingerprint density at radius 3 is 2.33 bits per heavy atom. The minimum absolute atomic E-state index is 0.135. The fourth-order valence-corrected chi connectivity index (χ4v) is 9.55. The fraction of sp³-hybridized carbons (Fsp3) is 0.432. The summed E-state index contributed by atoms with van der Waals surface area (Å²) in [4.78, 5) is 67.3. The third kappa shape index (κ3) is 7.68. The Morgan fingerprint density at radius 2 is 1.73 bits per heavy atom. The van der Waals surface area contributed by atoms with Gasteiger partial charge in [-0.15, -0.1) is 0 Å². The topological polar surface area (TPSA) is 342 Å². The van der Waals surface area contributed by atoms with Crippen LogP contribution in [0.25, 0.3) is 11.2 Å². The molecule has 3 aliphatic carbocycles. The van der Waals surface area contributed by atoms with Crippen molar-refractivity contribution >= 4 is 40.4 Å². The maximum atomic E-state index is 13.3. The SMILES string of the molecule is CN(C)[C@@H]1C(O)=C(C(N)=O)C(=O)[C@@]2(O)C(O)=C3C(=O)c4c(O)cccc4[C@@](C)(O)[C@H]3C[C@@H]12.COc1ccc(C[C@H](N)C(=O)N[C@H]2[C@@H](O)[C@H](n3cnc4c(N(C)C)ncnc43)O[C@@H]2CO)cc1. The van der Waals surface area contributed by atoms with Gasteiger partial charge in [-0.05, 0) is 63.2 Å². The van der Waals surface area contributed by atoms with Gasteiger partial charge in [0.05, 0.1) is 49.3 Å². The molecule has 1 saturated heterocycles. The molecule has 4 aromatic rings. The maximum Gasteiger partial charge on any atom is 0.255 e. The second kappa shape index (κ2) is 17.7. The normalized spacial score (nSPS) is 28.6. The lowest BCUT2D eigenvalue weighted by atomic mass is 9.55. The van der Waals surface area contributed by atoms with E-state index in [4.69, 9.17) is 20.9 Å². The number of nitrogens with zero attached hydrogens (tertiary/aromatic N) is 6. The van der Waals surface area contributed by atoms with Gasteiger partial charge in [0.25, 0.3) is 5.91 Å². The number of hydrogen-bond donors (Lipinski definition) is 10. The molecule has 0 unspecified atom stereocenters. The van der Waals surface area contributed by atoms with E-state index in [0.29, 0.717) is 29.2 Å². The Hall–Kier alpha value is -6.53. The molecule has 1 aliphatic heterocycles. The van der Waals surface area contributed by atoms with E-state index in [1.165, 1.54) is 56.8 Å². The molecule has 0 bridgehead atoms. The number of methoxy groups -OCH3 is 1. The summed E-state index contributed by atoms with van der Waals surface area (Å²) in [6.07, 6.45) is 0.0496. The number of fused-ring (bicyclic) bond motifs is 4. The number of carbonyl (C=O) groups is 4. The van der Waals surface area contributed by atoms with Crippen LogP contribution in [0.4, 0.5) is 5.82 Å². The number of phenolic OH excluding ortho intramolecular Hbond substituents is 1. The smallest absolute Gasteiger partial charge is 0.255 e. The Bertz CT molecular complexity index is 2650. The first kappa shape index (κ1) is 47.4. The summed E-state index contributed by atoms with van der Waals surface area (Å²) in [5.74, 6) is -7.03. The van der Waals surface area contributed by atoms with Crippen LogP contribution in [0, 0.1) is 11.8 Å². The molecule has 0 spiro atoms. The number of carbonyl (C=O) groups excluding carboxylic acids is 4. The lowest BCUT2D eigenvalue weighted by molar-refractivity contribution is -0.152. The van der Waals surface area contributed by atoms with Gasteiger partial charge in [0, 0.05) is 31.5 Å². The molecule has 3 heterocycles. The number of hydrogen-bond acceptors (Lipinski definition) is 19. The molecule has 22 nitrogen and oxygen atoms in total. The van der Waals surface area contributed by atoms with Crippen molar-refractivity contribution in [3.63, 3.8) is 0 Å². The number of amides is 2. The summed E-state index contributed by atoms with van der Waals surface area (Å²) in [6.45, 7) is 0.997. The van der Waals surface area contributed by atoms with Gasteiger partial charge in [-0.1, -0.05) is 24.3 Å². The Balaban J connectivity index is 0.000000197. The molecule has 1 fully saturated rings. The summed E-state index contributed by atoms with van der Waals surface area (Å²) in [7, 11) is 8.32. The lowest BCUT2D eigenvalue weighted by Crippen LogP contribution is -2.65. The number of aromatic hydroxyl groups is 1. The number of likely N-dealkylation sites (N-methyl/N-ethyl adjacent to an activating group) is 1. The van der Waals surface area contributed by atoms with Crippen molar-refractivity contribution in [2.24, 2.45) is 23.3 Å². The van der Waals surface area contributed by atoms with E-state index < -0.39 is 118 Å². The highest BCUT2D eigenvalue weighted by atomic mass is 16.5. The third-order valence-electron chi connectivity index (χ3n) is 12.9. The molecule has 352 valence electrons. The van der Waals surface area contributed by atoms with Crippen LogP contribution >= 0.6 is 0 Å². The van der Waals surface area contributed by atoms with Gasteiger partial charge < -0.3 is 66.9 Å². The number of phenols is 1. The van der Waals surface area contributed by atoms with Crippen LogP contribution < -0.4 is 26.4 Å². The molecule has 2 aromatic carbocycles. The molecular weight excluding hydrogens is 863 g/mol. The molecule has 10 atom stereocenters. The van der Waals surface area contributed by atoms with E-state index in [1.807, 2.05) is 26.2 Å². The molecule has 0 radical (unpaired) electrons. The van der Waals surface area contributed by atoms with Crippen molar-refractivity contribution in [2.45, 2.75) is 67.5 Å². The number of nitrogens with two attached hydrogens (primary N) is 2. The quantitative estimate of drug-likeness (QED) is 0.0852. The lowest BCUT2D eigenvalue weighted by Gasteiger charge is -2.52. The third-order valence-corrected chi connectivity index (χ3v) is 12.9. The number of rotatable bonds is 10. The summed E-state index contributed by atoms with van der Waals surface area (Å²) < 4.78 is 12.6. The van der Waals surface area contributed by atoms with Crippen molar-refractivity contribution in [1.82, 2.24) is 29.7 Å². The zero-order valence-corrected chi connectivity index (χ0v) is 36.9. The van der Waals surface area contributed by atoms with E-state index in [-0.39, 0.29) is 17.5 Å². The van der Waals surface area contributed by atoms with Crippen molar-refractivity contribution in [3.8, 4) is 11.5 Å². The minimum Gasteiger partial charge on any atom is -0.510 e. The van der Waals surface area contributed by atoms with E-state index in [1.54, 1.807) is 28.7 Å². The number of Topliss-reactive ketones (excluding diaryl/α,β-unsaturated/α-hetero) is 2. The van der Waals surface area contributed by atoms with E-state index >= 15 is 0 Å². The number of anilines is 1. The molecule has 66 heavy (non-hydrogen) atoms. The Morgan fingerprint density at radius 1 is 1.05 bits per heavy atom. The summed E-state index contributed by atoms with van der Waals surface area (Å²) in [5, 5.41) is 78.7. The van der Waals surface area contributed by atoms with Crippen LogP contribution in [0.2, 0.25) is 0 Å². The van der Waals surface area contributed by atoms with Crippen LogP contribution in [0.5, 0.6) is 11.5 Å². The second-order valence-corrected chi connectivity index (χ2v) is 17.3. The van der Waals surface area contributed by atoms with Crippen LogP contribution in [0.1, 0.15) is 41.1 Å². The highest BCUT2D eigenvalue weighted by molar-refractivity contribution is 6.24. The number of aliphatic hydroxyl groups excluding tert-OH is 4. The number of aliphatic hydroxyl groups is 6. The fourth-order valence-electron chi connectivity index (χ4n) is 9.55. The largest absolute Gasteiger partial charge is 0.510 e. The second-order valence-electron chi connectivity index (χ2n) is 17.3. The first-order valence-electron chi connectivity index (χ1n) is 20.8. The molecule has 2 amide bonds. The van der Waals surface area contributed by atoms with Gasteiger partial charge in [0.15, 0.2) is 34.6 Å². The van der Waals surface area contributed by atoms with Gasteiger partial charge >= 0.3 is 0 Å². The van der Waals surface area contributed by atoms with Crippen molar-refractivity contribution < 1.29 is 64.4 Å². The number of ketones is 2. The maximum absolute atomic E-state index is 13.3. The van der Waals surface area contributed by atoms with E-state index in [0.717, 1.165) is 5.56 Å². The number of primary amides is 1. The number of aromatic nitrogens is 4. The average Bonchev–Trinajstić information content (AvgIpc) is 3.83. The number of benzene rings is 2. The van der Waals surface area contributed by atoms with Gasteiger partial charge in [-0.3, -0.25) is 28.6 Å². The zero-order valence-electron chi connectivity index (χ0n) is 36.9. The monoisotopic (exact) mass is 915 g/mol. The molecule has 2 aromatic heterocycles. The molecule has 22 heteroatoms. The van der Waals surface area contributed by atoms with Gasteiger partial charge in [-0.25, -0.2) is 15.0 Å². The van der Waals surface area contributed by atoms with Gasteiger partial charge in [-0.2, -0.15) is 0 Å². The molecule has 12 N–H and O–H groups in total. The van der Waals surface area contributed by atoms with Crippen molar-refractivity contribution in [1.29, 1.82) is 0 Å². The van der Waals surface area contributed by atoms with Crippen molar-refractivity contribution in [2.75, 3.05) is 46.8 Å². The minimum atomic E-state index is -2.75. The average molecular weight is 916 g/mol. The van der Waals surface area contributed by atoms with Gasteiger partial charge in [0.1, 0.15) is 47.1 Å². The number of nitrogens with one attached hydrogen (secondary N) is 1. The standard InChI is InChI=1S/C22H29N7O5.C22H24N2O8/c1-28(2)19-17-20(25-10-24-19)29(11-26-17)22-18(31)16(15(9-30)34-22)27-21(32)14(23)8-12-4-6-13(33-3)7-5-12;1-21(31)8-5-4-6-11(25)12(8)16(26)13-9(21)7-10-15(24(2)3)17(27)14(20(23)30)19(29)22(10,32)18(13)28/h4-7,10-11,14-16,18,22,30-31H,8-9,23H2,1-3H3,(H,27,32);4-6,9-10,15,25,27-28,31-32H,7H2,1-3H3,(H2,23,30)/t14-,15+,16+,18+,22+;9-,10-,15-,21+,22-/m00/s1. The van der Waals surface area contributed by atoms with Crippen LogP contribution in [-0.2, 0) is 31.1 Å². The van der Waals surface area contributed by atoms with E-state index in [2.05, 4.69) is 20.3 Å². The first-order chi connectivity index (χ1) is 31.1. The van der Waals surface area contributed by atoms with Crippen molar-refractivity contribution in [3.05, 3.63) is 94.5 Å². The van der Waals surface area contributed by atoms with Crippen LogP contribution in [0.3, 0.4) is 0 Å². The summed E-state index contributed by atoms with van der Waals surface area (Å²) >= 11 is 0. The van der Waals surface area contributed by atoms with E-state index in [9.17, 15) is 54.9 Å². The highest BCUT2D eigenvalue weighted by Crippen LogP contribution is 2.56. The summed E-state index contributed by atoms with van der Waals surface area (Å²) in [6, 6.07) is 8.57. The Labute approximate surface area is 377 Å². The molecule has 0 saturated carbocycles. The predicted molar refractivity (Wildman–Crippen MR) is 233 cm³/mol. The number of ether oxygens (including phenoxy) is 2. The van der Waals surface area contributed by atoms with Crippen LogP contribution in [0.15, 0.2) is 77.8 Å². The first-order valence-corrected chi connectivity index (χ1v) is 20.8.